The van der Waals surface area contributed by atoms with Gasteiger partial charge in [0, 0.05) is 23.4 Å². The standard InChI is InChI=1S/C26H28F3N5O3S/c1-16-11-24(26(27,28)29)31-34(16)13-19(14-35)33-9-7-18(8-10-33)25-30-22(15-38-25)21-12-23(37-32-21)17-3-5-20(36-2)6-4-17/h3-6,11,14-15,18-19,23H,7-10,12-13H2,1-2H3. The van der Waals surface area contributed by atoms with Crippen molar-refractivity contribution < 1.29 is 27.5 Å². The summed E-state index contributed by atoms with van der Waals surface area (Å²) >= 11 is 1.60. The summed E-state index contributed by atoms with van der Waals surface area (Å²) in [5.41, 5.74) is 2.11. The second-order valence-corrected chi connectivity index (χ2v) is 10.4. The molecule has 3 aromatic rings. The Morgan fingerprint density at radius 3 is 2.61 bits per heavy atom. The summed E-state index contributed by atoms with van der Waals surface area (Å²) in [6, 6.07) is 8.20. The zero-order valence-electron chi connectivity index (χ0n) is 21.0. The predicted molar refractivity (Wildman–Crippen MR) is 135 cm³/mol. The molecule has 0 amide bonds. The number of carbonyl (C=O) groups excluding carboxylic acids is 1. The molecule has 38 heavy (non-hydrogen) atoms. The van der Waals surface area contributed by atoms with Gasteiger partial charge in [-0.3, -0.25) is 9.58 Å². The molecule has 8 nitrogen and oxygen atoms in total. The van der Waals surface area contributed by atoms with Crippen molar-refractivity contribution in [3.63, 3.8) is 0 Å². The predicted octanol–water partition coefficient (Wildman–Crippen LogP) is 4.99. The van der Waals surface area contributed by atoms with E-state index in [-0.39, 0.29) is 18.6 Å². The fourth-order valence-corrected chi connectivity index (χ4v) is 5.87. The van der Waals surface area contributed by atoms with E-state index in [1.54, 1.807) is 25.4 Å². The Labute approximate surface area is 222 Å². The second kappa shape index (κ2) is 10.9. The normalized spacial score (nSPS) is 19.7. The molecule has 0 N–H and O–H groups in total. The maximum atomic E-state index is 13.0. The van der Waals surface area contributed by atoms with Gasteiger partial charge < -0.3 is 14.4 Å². The van der Waals surface area contributed by atoms with Crippen molar-refractivity contribution in [2.24, 2.45) is 5.16 Å². The number of methoxy groups -OCH3 is 1. The van der Waals surface area contributed by atoms with Gasteiger partial charge in [0.1, 0.15) is 17.7 Å². The first-order valence-electron chi connectivity index (χ1n) is 12.4. The molecular weight excluding hydrogens is 519 g/mol. The van der Waals surface area contributed by atoms with Crippen molar-refractivity contribution in [3.05, 3.63) is 63.4 Å². The van der Waals surface area contributed by atoms with Crippen molar-refractivity contribution >= 4 is 23.3 Å². The average molecular weight is 548 g/mol. The zero-order chi connectivity index (χ0) is 26.9. The van der Waals surface area contributed by atoms with Gasteiger partial charge in [0.2, 0.25) is 0 Å². The Hall–Kier alpha value is -3.25. The van der Waals surface area contributed by atoms with Gasteiger partial charge >= 0.3 is 6.18 Å². The number of aromatic nitrogens is 3. The summed E-state index contributed by atoms with van der Waals surface area (Å²) < 4.78 is 45.5. The van der Waals surface area contributed by atoms with Crippen LogP contribution < -0.4 is 4.74 Å². The largest absolute Gasteiger partial charge is 0.497 e. The number of hydrogen-bond donors (Lipinski definition) is 0. The topological polar surface area (TPSA) is 81.8 Å². The number of piperidine rings is 1. The van der Waals surface area contributed by atoms with Crippen LogP contribution in [0.15, 0.2) is 40.9 Å². The molecule has 0 bridgehead atoms. The first-order chi connectivity index (χ1) is 18.2. The molecule has 1 saturated heterocycles. The SMILES string of the molecule is COc1ccc(C2CC(c3csc(C4CCN(C(C=O)Cn5nc(C(F)(F)F)cc5C)CC4)n3)=NO2)cc1. The Kier molecular flexibility index (Phi) is 7.53. The summed E-state index contributed by atoms with van der Waals surface area (Å²) in [5, 5.41) is 11.0. The van der Waals surface area contributed by atoms with Gasteiger partial charge in [-0.15, -0.1) is 11.3 Å². The van der Waals surface area contributed by atoms with Crippen LogP contribution in [0.4, 0.5) is 13.2 Å². The number of aldehydes is 1. The van der Waals surface area contributed by atoms with Crippen molar-refractivity contribution in [1.29, 1.82) is 0 Å². The minimum absolute atomic E-state index is 0.0899. The van der Waals surface area contributed by atoms with E-state index >= 15 is 0 Å². The smallest absolute Gasteiger partial charge is 0.435 e. The monoisotopic (exact) mass is 547 g/mol. The lowest BCUT2D eigenvalue weighted by molar-refractivity contribution is -0.141. The molecule has 12 heteroatoms. The van der Waals surface area contributed by atoms with Gasteiger partial charge in [-0.05, 0) is 56.6 Å². The van der Waals surface area contributed by atoms with Gasteiger partial charge in [0.25, 0.3) is 0 Å². The van der Waals surface area contributed by atoms with E-state index in [1.807, 2.05) is 34.5 Å². The third-order valence-corrected chi connectivity index (χ3v) is 8.12. The summed E-state index contributed by atoms with van der Waals surface area (Å²) in [4.78, 5) is 24.4. The van der Waals surface area contributed by atoms with Gasteiger partial charge in [-0.2, -0.15) is 18.3 Å². The molecule has 1 fully saturated rings. The number of nitrogens with zero attached hydrogens (tertiary/aromatic N) is 5. The highest BCUT2D eigenvalue weighted by Crippen LogP contribution is 2.35. The fourth-order valence-electron chi connectivity index (χ4n) is 4.87. The first kappa shape index (κ1) is 26.4. The molecule has 0 aliphatic carbocycles. The molecular formula is C26H28F3N5O3S. The van der Waals surface area contributed by atoms with E-state index in [1.165, 1.54) is 4.68 Å². The van der Waals surface area contributed by atoms with Crippen LogP contribution >= 0.6 is 11.3 Å². The number of aryl methyl sites for hydroxylation is 1. The molecule has 2 atom stereocenters. The van der Waals surface area contributed by atoms with Gasteiger partial charge in [-0.25, -0.2) is 4.98 Å². The van der Waals surface area contributed by atoms with Crippen molar-refractivity contribution in [2.75, 3.05) is 20.2 Å². The number of hydrogen-bond acceptors (Lipinski definition) is 8. The molecule has 0 spiro atoms. The molecule has 202 valence electrons. The Balaban J connectivity index is 1.16. The number of thiazole rings is 1. The van der Waals surface area contributed by atoms with Gasteiger partial charge in [-0.1, -0.05) is 17.3 Å². The summed E-state index contributed by atoms with van der Waals surface area (Å²) in [5.74, 6) is 1.04. The molecule has 2 aliphatic heterocycles. The maximum Gasteiger partial charge on any atom is 0.435 e. The Bertz CT molecular complexity index is 1300. The lowest BCUT2D eigenvalue weighted by Gasteiger charge is -2.34. The van der Waals surface area contributed by atoms with Crippen LogP contribution in [0.25, 0.3) is 0 Å². The maximum absolute atomic E-state index is 13.0. The molecule has 1 aromatic carbocycles. The summed E-state index contributed by atoms with van der Waals surface area (Å²) in [6.07, 6.45) is -1.62. The highest BCUT2D eigenvalue weighted by Gasteiger charge is 2.35. The minimum Gasteiger partial charge on any atom is -0.497 e. The first-order valence-corrected chi connectivity index (χ1v) is 13.3. The number of alkyl halides is 3. The van der Waals surface area contributed by atoms with Crippen molar-refractivity contribution in [3.8, 4) is 5.75 Å². The zero-order valence-corrected chi connectivity index (χ0v) is 21.8. The van der Waals surface area contributed by atoms with E-state index in [4.69, 9.17) is 14.6 Å². The summed E-state index contributed by atoms with van der Waals surface area (Å²) in [7, 11) is 1.63. The number of benzene rings is 1. The van der Waals surface area contributed by atoms with Crippen LogP contribution in [0.3, 0.4) is 0 Å². The Morgan fingerprint density at radius 1 is 1.24 bits per heavy atom. The number of ether oxygens (including phenoxy) is 1. The third kappa shape index (κ3) is 5.60. The Morgan fingerprint density at radius 2 is 1.97 bits per heavy atom. The number of halogens is 3. The molecule has 2 aromatic heterocycles. The highest BCUT2D eigenvalue weighted by atomic mass is 32.1. The van der Waals surface area contributed by atoms with Gasteiger partial charge in [0.15, 0.2) is 11.8 Å². The average Bonchev–Trinajstić information content (AvgIpc) is 3.67. The van der Waals surface area contributed by atoms with Gasteiger partial charge in [0.05, 0.1) is 30.4 Å². The van der Waals surface area contributed by atoms with E-state index in [0.29, 0.717) is 25.2 Å². The van der Waals surface area contributed by atoms with E-state index < -0.39 is 17.9 Å². The lowest BCUT2D eigenvalue weighted by Crippen LogP contribution is -2.44. The number of rotatable bonds is 8. The molecule has 0 saturated carbocycles. The van der Waals surface area contributed by atoms with Crippen molar-refractivity contribution in [2.45, 2.75) is 57.0 Å². The molecule has 0 radical (unpaired) electrons. The number of likely N-dealkylation sites (tertiary alicyclic amines) is 1. The quantitative estimate of drug-likeness (QED) is 0.370. The highest BCUT2D eigenvalue weighted by molar-refractivity contribution is 7.10. The fraction of sp³-hybridized carbons (Fsp3) is 0.462. The minimum atomic E-state index is -4.51. The summed E-state index contributed by atoms with van der Waals surface area (Å²) in [6.45, 7) is 2.96. The van der Waals surface area contributed by atoms with Crippen LogP contribution in [0.5, 0.6) is 5.75 Å². The van der Waals surface area contributed by atoms with Crippen LogP contribution in [0.2, 0.25) is 0 Å². The third-order valence-electron chi connectivity index (χ3n) is 7.11. The van der Waals surface area contributed by atoms with E-state index in [2.05, 4.69) is 10.3 Å². The molecule has 4 heterocycles. The molecule has 2 unspecified atom stereocenters. The van der Waals surface area contributed by atoms with E-state index in [9.17, 15) is 18.0 Å². The number of oxime groups is 1. The second-order valence-electron chi connectivity index (χ2n) is 9.54. The lowest BCUT2D eigenvalue weighted by atomic mass is 9.96. The molecule has 5 rings (SSSR count). The van der Waals surface area contributed by atoms with Crippen LogP contribution in [0.1, 0.15) is 58.9 Å². The van der Waals surface area contributed by atoms with Crippen LogP contribution in [-0.2, 0) is 22.4 Å². The molecule has 2 aliphatic rings. The number of carbonyl (C=O) groups is 1. The van der Waals surface area contributed by atoms with Crippen LogP contribution in [-0.4, -0.2) is 57.9 Å². The van der Waals surface area contributed by atoms with E-state index in [0.717, 1.165) is 52.9 Å². The van der Waals surface area contributed by atoms with Crippen molar-refractivity contribution in [1.82, 2.24) is 19.7 Å². The van der Waals surface area contributed by atoms with Crippen LogP contribution in [0, 0.1) is 6.92 Å².